The first-order chi connectivity index (χ1) is 9.40. The molecular formula is C15H27NO4. The van der Waals surface area contributed by atoms with Crippen LogP contribution in [-0.4, -0.2) is 55.1 Å². The molecule has 0 saturated carbocycles. The maximum atomic E-state index is 10.1. The number of aliphatic hydroxyl groups excluding tert-OH is 1. The van der Waals surface area contributed by atoms with Gasteiger partial charge in [0.2, 0.25) is 0 Å². The van der Waals surface area contributed by atoms with Crippen LogP contribution in [0.2, 0.25) is 0 Å². The molecule has 0 bridgehead atoms. The molecule has 5 heteroatoms. The number of furan rings is 1. The Bertz CT molecular complexity index is 345. The molecule has 0 spiro atoms. The minimum Gasteiger partial charge on any atom is -0.468 e. The van der Waals surface area contributed by atoms with E-state index in [0.717, 1.165) is 12.3 Å². The molecule has 0 saturated heterocycles. The maximum absolute atomic E-state index is 10.1. The summed E-state index contributed by atoms with van der Waals surface area (Å²) >= 11 is 0. The Kier molecular flexibility index (Phi) is 7.23. The van der Waals surface area contributed by atoms with Gasteiger partial charge in [-0.25, -0.2) is 0 Å². The molecule has 0 radical (unpaired) electrons. The Labute approximate surface area is 121 Å². The lowest BCUT2D eigenvalue weighted by Crippen LogP contribution is -2.38. The molecule has 20 heavy (non-hydrogen) atoms. The molecule has 116 valence electrons. The van der Waals surface area contributed by atoms with Gasteiger partial charge in [-0.15, -0.1) is 0 Å². The summed E-state index contributed by atoms with van der Waals surface area (Å²) in [6.07, 6.45) is 1.13. The fraction of sp³-hybridized carbons (Fsp3) is 0.733. The second-order valence-electron chi connectivity index (χ2n) is 5.88. The maximum Gasteiger partial charge on any atom is 0.117 e. The Morgan fingerprint density at radius 1 is 1.40 bits per heavy atom. The third-order valence-corrected chi connectivity index (χ3v) is 2.75. The molecular weight excluding hydrogens is 258 g/mol. The number of hydrogen-bond donors (Lipinski definition) is 1. The van der Waals surface area contributed by atoms with Crippen molar-refractivity contribution in [2.75, 3.05) is 33.4 Å². The monoisotopic (exact) mass is 285 g/mol. The van der Waals surface area contributed by atoms with Crippen LogP contribution in [0.4, 0.5) is 0 Å². The first kappa shape index (κ1) is 17.2. The molecule has 0 aliphatic heterocycles. The number of methoxy groups -OCH3 is 1. The van der Waals surface area contributed by atoms with Crippen molar-refractivity contribution < 1.29 is 19.0 Å². The summed E-state index contributed by atoms with van der Waals surface area (Å²) in [4.78, 5) is 2.10. The number of rotatable bonds is 9. The molecule has 0 aromatic carbocycles. The van der Waals surface area contributed by atoms with Crippen molar-refractivity contribution in [3.05, 3.63) is 24.2 Å². The van der Waals surface area contributed by atoms with Gasteiger partial charge in [-0.05, 0) is 32.9 Å². The van der Waals surface area contributed by atoms with Gasteiger partial charge < -0.3 is 19.0 Å². The van der Waals surface area contributed by atoms with E-state index in [2.05, 4.69) is 4.90 Å². The third kappa shape index (κ3) is 7.65. The van der Waals surface area contributed by atoms with Crippen molar-refractivity contribution in [3.63, 3.8) is 0 Å². The van der Waals surface area contributed by atoms with Gasteiger partial charge in [0.25, 0.3) is 0 Å². The average molecular weight is 285 g/mol. The molecule has 0 amide bonds. The van der Waals surface area contributed by atoms with Crippen LogP contribution in [0.1, 0.15) is 26.5 Å². The van der Waals surface area contributed by atoms with E-state index in [4.69, 9.17) is 13.9 Å². The van der Waals surface area contributed by atoms with E-state index in [-0.39, 0.29) is 5.60 Å². The van der Waals surface area contributed by atoms with Crippen molar-refractivity contribution in [1.82, 2.24) is 4.90 Å². The zero-order chi connectivity index (χ0) is 15.0. The number of aliphatic hydroxyl groups is 1. The molecule has 1 atom stereocenters. The molecule has 0 fully saturated rings. The zero-order valence-electron chi connectivity index (χ0n) is 13.0. The van der Waals surface area contributed by atoms with Crippen molar-refractivity contribution in [1.29, 1.82) is 0 Å². The number of ether oxygens (including phenoxy) is 2. The van der Waals surface area contributed by atoms with E-state index in [0.29, 0.717) is 26.3 Å². The molecule has 0 aliphatic rings. The predicted molar refractivity (Wildman–Crippen MR) is 77.6 cm³/mol. The highest BCUT2D eigenvalue weighted by Crippen LogP contribution is 2.09. The van der Waals surface area contributed by atoms with Crippen LogP contribution in [0, 0.1) is 0 Å². The lowest BCUT2D eigenvalue weighted by atomic mass is 10.2. The van der Waals surface area contributed by atoms with E-state index in [1.807, 2.05) is 32.9 Å². The third-order valence-electron chi connectivity index (χ3n) is 2.75. The second kappa shape index (κ2) is 8.42. The van der Waals surface area contributed by atoms with Crippen LogP contribution in [0.25, 0.3) is 0 Å². The first-order valence-corrected chi connectivity index (χ1v) is 6.96. The Morgan fingerprint density at radius 3 is 2.70 bits per heavy atom. The van der Waals surface area contributed by atoms with Gasteiger partial charge in [0.15, 0.2) is 0 Å². The SMILES string of the molecule is COCCN(Cc1ccco1)C[C@@H](O)COC(C)(C)C. The lowest BCUT2D eigenvalue weighted by molar-refractivity contribution is -0.0580. The van der Waals surface area contributed by atoms with E-state index in [1.54, 1.807) is 13.4 Å². The zero-order valence-corrected chi connectivity index (χ0v) is 13.0. The van der Waals surface area contributed by atoms with Gasteiger partial charge in [-0.1, -0.05) is 0 Å². The van der Waals surface area contributed by atoms with Gasteiger partial charge in [0, 0.05) is 20.2 Å². The molecule has 0 aliphatic carbocycles. The predicted octanol–water partition coefficient (Wildman–Crippen LogP) is 1.90. The van der Waals surface area contributed by atoms with Crippen LogP contribution in [0.15, 0.2) is 22.8 Å². The number of hydrogen-bond acceptors (Lipinski definition) is 5. The van der Waals surface area contributed by atoms with E-state index < -0.39 is 6.10 Å². The van der Waals surface area contributed by atoms with Gasteiger partial charge in [0.1, 0.15) is 5.76 Å². The highest BCUT2D eigenvalue weighted by atomic mass is 16.5. The topological polar surface area (TPSA) is 55.1 Å². The fourth-order valence-corrected chi connectivity index (χ4v) is 1.78. The van der Waals surface area contributed by atoms with Gasteiger partial charge in [-0.2, -0.15) is 0 Å². The molecule has 1 aromatic rings. The molecule has 5 nitrogen and oxygen atoms in total. The molecule has 1 aromatic heterocycles. The standard InChI is InChI=1S/C15H27NO4/c1-15(2,3)20-12-13(17)10-16(7-9-18-4)11-14-6-5-8-19-14/h5-6,8,13,17H,7,9-12H2,1-4H3/t13-/m1/s1. The van der Waals surface area contributed by atoms with Crippen LogP contribution < -0.4 is 0 Å². The average Bonchev–Trinajstić information content (AvgIpc) is 2.85. The Hall–Kier alpha value is -0.880. The summed E-state index contributed by atoms with van der Waals surface area (Å²) in [5.41, 5.74) is -0.237. The molecule has 1 N–H and O–H groups in total. The van der Waals surface area contributed by atoms with Crippen molar-refractivity contribution >= 4 is 0 Å². The Morgan fingerprint density at radius 2 is 2.15 bits per heavy atom. The van der Waals surface area contributed by atoms with Crippen LogP contribution in [0.5, 0.6) is 0 Å². The molecule has 1 rings (SSSR count). The van der Waals surface area contributed by atoms with Gasteiger partial charge in [-0.3, -0.25) is 4.90 Å². The summed E-state index contributed by atoms with van der Waals surface area (Å²) < 4.78 is 16.0. The summed E-state index contributed by atoms with van der Waals surface area (Å²) in [6.45, 7) is 8.80. The van der Waals surface area contributed by atoms with Gasteiger partial charge >= 0.3 is 0 Å². The number of nitrogens with zero attached hydrogens (tertiary/aromatic N) is 1. The fourth-order valence-electron chi connectivity index (χ4n) is 1.78. The normalized spacial score (nSPS) is 13.9. The largest absolute Gasteiger partial charge is 0.468 e. The van der Waals surface area contributed by atoms with Crippen molar-refractivity contribution in [3.8, 4) is 0 Å². The summed E-state index contributed by atoms with van der Waals surface area (Å²) in [7, 11) is 1.67. The van der Waals surface area contributed by atoms with Gasteiger partial charge in [0.05, 0.1) is 37.7 Å². The highest BCUT2D eigenvalue weighted by Gasteiger charge is 2.17. The molecule has 1 heterocycles. The first-order valence-electron chi connectivity index (χ1n) is 6.96. The summed E-state index contributed by atoms with van der Waals surface area (Å²) in [5.74, 6) is 0.880. The van der Waals surface area contributed by atoms with E-state index in [9.17, 15) is 5.11 Å². The van der Waals surface area contributed by atoms with Crippen LogP contribution in [0.3, 0.4) is 0 Å². The van der Waals surface area contributed by atoms with E-state index in [1.165, 1.54) is 0 Å². The van der Waals surface area contributed by atoms with Crippen molar-refractivity contribution in [2.24, 2.45) is 0 Å². The van der Waals surface area contributed by atoms with Crippen LogP contribution >= 0.6 is 0 Å². The Balaban J connectivity index is 2.42. The lowest BCUT2D eigenvalue weighted by Gasteiger charge is -2.26. The summed E-state index contributed by atoms with van der Waals surface area (Å²) in [6, 6.07) is 3.79. The highest BCUT2D eigenvalue weighted by molar-refractivity contribution is 4.97. The minimum absolute atomic E-state index is 0.237. The second-order valence-corrected chi connectivity index (χ2v) is 5.88. The summed E-state index contributed by atoms with van der Waals surface area (Å²) in [5, 5.41) is 10.1. The van der Waals surface area contributed by atoms with E-state index >= 15 is 0 Å². The smallest absolute Gasteiger partial charge is 0.117 e. The van der Waals surface area contributed by atoms with Crippen molar-refractivity contribution in [2.45, 2.75) is 39.0 Å². The minimum atomic E-state index is -0.527. The quantitative estimate of drug-likeness (QED) is 0.751. The molecule has 0 unspecified atom stereocenters. The van der Waals surface area contributed by atoms with Crippen LogP contribution in [-0.2, 0) is 16.0 Å².